The van der Waals surface area contributed by atoms with Crippen molar-refractivity contribution in [1.29, 1.82) is 0 Å². The number of hydrogen-bond acceptors (Lipinski definition) is 1. The summed E-state index contributed by atoms with van der Waals surface area (Å²) >= 11 is 7.03. The fourth-order valence-electron chi connectivity index (χ4n) is 4.35. The van der Waals surface area contributed by atoms with E-state index in [9.17, 15) is 0 Å². The fraction of sp³-hybridized carbons (Fsp3) is 0.536. The largest absolute Gasteiger partial charge is 1.00 e. The Labute approximate surface area is 208 Å². The molecule has 0 atom stereocenters. The van der Waals surface area contributed by atoms with E-state index >= 15 is 0 Å². The highest BCUT2D eigenvalue weighted by Crippen LogP contribution is 2.36. The second-order valence-electron chi connectivity index (χ2n) is 9.98. The van der Waals surface area contributed by atoms with Crippen LogP contribution in [-0.4, -0.2) is 30.4 Å². The smallest absolute Gasteiger partial charge is 0.270 e. The van der Waals surface area contributed by atoms with E-state index in [1.807, 2.05) is 0 Å². The third kappa shape index (κ3) is 6.29. The van der Waals surface area contributed by atoms with Crippen LogP contribution in [0.5, 0.6) is 0 Å². The molecule has 2 rings (SSSR count). The van der Waals surface area contributed by atoms with Gasteiger partial charge in [-0.1, -0.05) is 91.8 Å². The van der Waals surface area contributed by atoms with E-state index in [-0.39, 0.29) is 12.4 Å². The van der Waals surface area contributed by atoms with Crippen LogP contribution < -0.4 is 17.3 Å². The summed E-state index contributed by atoms with van der Waals surface area (Å²) in [6.07, 6.45) is 0. The van der Waals surface area contributed by atoms with Crippen molar-refractivity contribution in [1.82, 2.24) is 0 Å². The Hall–Kier alpha value is -1.51. The van der Waals surface area contributed by atoms with Crippen LogP contribution >= 0.6 is 11.6 Å². The van der Waals surface area contributed by atoms with E-state index in [4.69, 9.17) is 11.6 Å². The highest BCUT2D eigenvalue weighted by molar-refractivity contribution is 6.64. The van der Waals surface area contributed by atoms with Gasteiger partial charge in [0.1, 0.15) is 13.6 Å². The Bertz CT molecular complexity index is 875. The predicted molar refractivity (Wildman–Crippen MR) is 139 cm³/mol. The zero-order valence-corrected chi connectivity index (χ0v) is 23.1. The van der Waals surface area contributed by atoms with E-state index in [1.54, 1.807) is 0 Å². The second kappa shape index (κ2) is 12.1. The molecule has 0 aliphatic carbocycles. The first kappa shape index (κ1) is 28.5. The molecule has 0 fully saturated rings. The van der Waals surface area contributed by atoms with Crippen LogP contribution in [0.2, 0.25) is 0 Å². The molecule has 2 aromatic rings. The van der Waals surface area contributed by atoms with Gasteiger partial charge in [0.25, 0.3) is 5.17 Å². The molecule has 0 bridgehead atoms. The standard InChI is InChI=1S/C28H42ClN2.ClH/c1-18(2)22-13-11-14-23(19(3)4)27(22)30(9)17-26(29)31(10)28-24(20(5)6)15-12-16-25(28)21(7)8;/h11-16,18-21H,17H2,1-10H3;1H/q+1;/p-1. The summed E-state index contributed by atoms with van der Waals surface area (Å²) in [6.45, 7) is 18.8. The third-order valence-corrected chi connectivity index (χ3v) is 6.51. The Kier molecular flexibility index (Phi) is 10.8. The summed E-state index contributed by atoms with van der Waals surface area (Å²) in [4.78, 5) is 2.33. The number of benzene rings is 2. The first-order valence-corrected chi connectivity index (χ1v) is 12.1. The van der Waals surface area contributed by atoms with Crippen LogP contribution in [0, 0.1) is 0 Å². The van der Waals surface area contributed by atoms with Gasteiger partial charge in [-0.2, -0.15) is 4.58 Å². The molecule has 4 heteroatoms. The van der Waals surface area contributed by atoms with Crippen molar-refractivity contribution in [3.05, 3.63) is 58.7 Å². The third-order valence-electron chi connectivity index (χ3n) is 6.13. The Balaban J connectivity index is 0.00000512. The molecule has 0 saturated carbocycles. The van der Waals surface area contributed by atoms with Gasteiger partial charge in [-0.25, -0.2) is 0 Å². The minimum atomic E-state index is 0. The molecular formula is C28H42Cl2N2. The SMILES string of the molecule is CC(C)c1cccc(C(C)C)c1N(C)CC(Cl)=[N+](C)c1c(C(C)C)cccc1C(C)C.[Cl-]. The molecule has 0 saturated heterocycles. The lowest BCUT2D eigenvalue weighted by atomic mass is 9.92. The van der Waals surface area contributed by atoms with Gasteiger partial charge in [0.15, 0.2) is 0 Å². The fourth-order valence-corrected chi connectivity index (χ4v) is 4.62. The first-order chi connectivity index (χ1) is 14.5. The number of hydrogen-bond donors (Lipinski definition) is 0. The lowest BCUT2D eigenvalue weighted by Gasteiger charge is -2.27. The predicted octanol–water partition coefficient (Wildman–Crippen LogP) is 5.23. The van der Waals surface area contributed by atoms with Crippen molar-refractivity contribution in [2.45, 2.75) is 79.1 Å². The normalized spacial score (nSPS) is 12.5. The second-order valence-corrected chi connectivity index (χ2v) is 10.4. The van der Waals surface area contributed by atoms with Gasteiger partial charge >= 0.3 is 0 Å². The van der Waals surface area contributed by atoms with Gasteiger partial charge in [0.2, 0.25) is 5.69 Å². The molecular weight excluding hydrogens is 435 g/mol. The lowest BCUT2D eigenvalue weighted by molar-refractivity contribution is -0.404. The number of rotatable bonds is 8. The van der Waals surface area contributed by atoms with Crippen LogP contribution in [0.1, 0.15) is 101 Å². The van der Waals surface area contributed by atoms with Crippen LogP contribution in [0.25, 0.3) is 0 Å². The van der Waals surface area contributed by atoms with E-state index in [0.29, 0.717) is 30.2 Å². The van der Waals surface area contributed by atoms with Crippen LogP contribution in [0.4, 0.5) is 11.4 Å². The van der Waals surface area contributed by atoms with Crippen molar-refractivity contribution in [3.63, 3.8) is 0 Å². The van der Waals surface area contributed by atoms with E-state index in [1.165, 1.54) is 33.6 Å². The number of para-hydroxylation sites is 2. The zero-order valence-electron chi connectivity index (χ0n) is 21.6. The van der Waals surface area contributed by atoms with E-state index < -0.39 is 0 Å². The van der Waals surface area contributed by atoms with Crippen molar-refractivity contribution in [3.8, 4) is 0 Å². The molecule has 0 amide bonds. The minimum absolute atomic E-state index is 0. The molecule has 32 heavy (non-hydrogen) atoms. The van der Waals surface area contributed by atoms with Gasteiger partial charge in [0.05, 0.1) is 0 Å². The molecule has 0 spiro atoms. The van der Waals surface area contributed by atoms with E-state index in [2.05, 4.69) is 115 Å². The number of anilines is 1. The minimum Gasteiger partial charge on any atom is -1.00 e. The van der Waals surface area contributed by atoms with Crippen molar-refractivity contribution in [2.75, 3.05) is 25.5 Å². The maximum Gasteiger partial charge on any atom is 0.270 e. The first-order valence-electron chi connectivity index (χ1n) is 11.7. The average molecular weight is 478 g/mol. The van der Waals surface area contributed by atoms with Crippen molar-refractivity contribution < 1.29 is 17.0 Å². The number of nitrogens with zero attached hydrogens (tertiary/aromatic N) is 2. The molecule has 0 unspecified atom stereocenters. The Morgan fingerprint density at radius 2 is 1.09 bits per heavy atom. The van der Waals surface area contributed by atoms with Crippen molar-refractivity contribution in [2.24, 2.45) is 0 Å². The van der Waals surface area contributed by atoms with Gasteiger partial charge in [0, 0.05) is 23.9 Å². The Morgan fingerprint density at radius 3 is 1.44 bits per heavy atom. The van der Waals surface area contributed by atoms with Crippen LogP contribution in [-0.2, 0) is 0 Å². The summed E-state index contributed by atoms with van der Waals surface area (Å²) in [5.41, 5.74) is 8.03. The molecule has 0 aliphatic heterocycles. The molecule has 178 valence electrons. The molecule has 0 aromatic heterocycles. The summed E-state index contributed by atoms with van der Waals surface area (Å²) < 4.78 is 2.20. The van der Waals surface area contributed by atoms with Gasteiger partial charge in [-0.15, -0.1) is 0 Å². The highest BCUT2D eigenvalue weighted by Gasteiger charge is 2.25. The summed E-state index contributed by atoms with van der Waals surface area (Å²) in [6, 6.07) is 13.3. The molecule has 2 aromatic carbocycles. The summed E-state index contributed by atoms with van der Waals surface area (Å²) in [7, 11) is 4.28. The quantitative estimate of drug-likeness (QED) is 0.373. The summed E-state index contributed by atoms with van der Waals surface area (Å²) in [5.74, 6) is 1.80. The van der Waals surface area contributed by atoms with E-state index in [0.717, 1.165) is 5.17 Å². The van der Waals surface area contributed by atoms with Crippen LogP contribution in [0.15, 0.2) is 36.4 Å². The van der Waals surface area contributed by atoms with Crippen LogP contribution in [0.3, 0.4) is 0 Å². The maximum atomic E-state index is 7.03. The summed E-state index contributed by atoms with van der Waals surface area (Å²) in [5, 5.41) is 0.839. The molecule has 2 nitrogen and oxygen atoms in total. The highest BCUT2D eigenvalue weighted by atomic mass is 35.5. The van der Waals surface area contributed by atoms with Gasteiger partial charge in [-0.05, 0) is 46.4 Å². The maximum absolute atomic E-state index is 7.03. The zero-order chi connectivity index (χ0) is 23.5. The molecule has 0 aliphatic rings. The molecule has 0 radical (unpaired) electrons. The van der Waals surface area contributed by atoms with Gasteiger partial charge < -0.3 is 17.3 Å². The number of halogens is 2. The Morgan fingerprint density at radius 1 is 0.750 bits per heavy atom. The molecule has 0 heterocycles. The monoisotopic (exact) mass is 476 g/mol. The van der Waals surface area contributed by atoms with Crippen molar-refractivity contribution >= 4 is 28.1 Å². The lowest BCUT2D eigenvalue weighted by Crippen LogP contribution is -3.00. The average Bonchev–Trinajstić information content (AvgIpc) is 2.71. The molecule has 0 N–H and O–H groups in total. The topological polar surface area (TPSA) is 6.25 Å². The van der Waals surface area contributed by atoms with Gasteiger partial charge in [-0.3, -0.25) is 0 Å².